The first-order chi connectivity index (χ1) is 15.7. The number of aliphatic hydroxyl groups excluding tert-OH is 1. The number of carbonyl (C=O) groups excluding carboxylic acids is 1. The molecule has 1 amide bonds. The molecule has 0 aromatic carbocycles. The van der Waals surface area contributed by atoms with E-state index in [4.69, 9.17) is 0 Å². The van der Waals surface area contributed by atoms with Gasteiger partial charge >= 0.3 is 0 Å². The van der Waals surface area contributed by atoms with Gasteiger partial charge in [-0.25, -0.2) is 13.1 Å². The number of hydrogen-bond acceptors (Lipinski definition) is 8. The van der Waals surface area contributed by atoms with E-state index >= 15 is 0 Å². The third-order valence-electron chi connectivity index (χ3n) is 6.34. The standard InChI is InChI=1S/C21H30N4O6S3/c1-12(2)7-8-21(3)11-25(14-5-6-14)20(27)15(17(21)26)18-23-19-16(34(30,31)24-18)13(10-32-19)9-22-33(4,28)29/h10,12,14,22,26H,5-9,11H2,1-4H3,(H,23,24). The van der Waals surface area contributed by atoms with Crippen molar-refractivity contribution in [3.63, 3.8) is 0 Å². The van der Waals surface area contributed by atoms with Gasteiger partial charge in [-0.05, 0) is 37.0 Å². The molecule has 34 heavy (non-hydrogen) atoms. The third kappa shape index (κ3) is 4.88. The molecule has 0 saturated heterocycles. The fourth-order valence-electron chi connectivity index (χ4n) is 4.26. The summed E-state index contributed by atoms with van der Waals surface area (Å²) in [7, 11) is -7.77. The normalized spacial score (nSPS) is 24.8. The lowest BCUT2D eigenvalue weighted by atomic mass is 9.76. The lowest BCUT2D eigenvalue weighted by Gasteiger charge is -2.41. The van der Waals surface area contributed by atoms with E-state index in [1.807, 2.05) is 6.92 Å². The molecule has 1 unspecified atom stereocenters. The number of aliphatic hydroxyl groups is 1. The van der Waals surface area contributed by atoms with E-state index in [1.165, 1.54) is 5.38 Å². The van der Waals surface area contributed by atoms with Crippen molar-refractivity contribution in [3.05, 3.63) is 22.3 Å². The molecule has 1 aromatic heterocycles. The van der Waals surface area contributed by atoms with Crippen molar-refractivity contribution in [2.24, 2.45) is 15.7 Å². The average Bonchev–Trinajstić information content (AvgIpc) is 3.46. The highest BCUT2D eigenvalue weighted by molar-refractivity contribution is 7.91. The number of sulfonamides is 2. The van der Waals surface area contributed by atoms with Gasteiger partial charge < -0.3 is 15.3 Å². The number of amides is 1. The zero-order valence-electron chi connectivity index (χ0n) is 19.6. The summed E-state index contributed by atoms with van der Waals surface area (Å²) in [5.74, 6) is -0.364. The molecule has 0 bridgehead atoms. The largest absolute Gasteiger partial charge is 0.511 e. The van der Waals surface area contributed by atoms with Crippen molar-refractivity contribution in [1.29, 1.82) is 0 Å². The van der Waals surface area contributed by atoms with Gasteiger partial charge in [0.05, 0.1) is 6.26 Å². The van der Waals surface area contributed by atoms with Crippen molar-refractivity contribution in [2.45, 2.75) is 63.9 Å². The number of thiophene rings is 1. The summed E-state index contributed by atoms with van der Waals surface area (Å²) >= 11 is 1.07. The van der Waals surface area contributed by atoms with E-state index in [0.29, 0.717) is 18.9 Å². The van der Waals surface area contributed by atoms with Crippen LogP contribution in [0.3, 0.4) is 0 Å². The van der Waals surface area contributed by atoms with Crippen LogP contribution in [0.25, 0.3) is 0 Å². The number of hydrogen-bond donors (Lipinski definition) is 3. The molecule has 188 valence electrons. The molecule has 1 fully saturated rings. The number of fused-ring (bicyclic) bond motifs is 1. The molecule has 1 aliphatic carbocycles. The van der Waals surface area contributed by atoms with Gasteiger partial charge in [0, 0.05) is 30.1 Å². The van der Waals surface area contributed by atoms with Gasteiger partial charge in [-0.1, -0.05) is 20.8 Å². The molecule has 1 atom stereocenters. The quantitative estimate of drug-likeness (QED) is 0.468. The third-order valence-corrected chi connectivity index (χ3v) is 9.49. The van der Waals surface area contributed by atoms with Crippen LogP contribution in [0, 0.1) is 11.3 Å². The summed E-state index contributed by atoms with van der Waals surface area (Å²) in [4.78, 5) is 15.0. The molecule has 1 aromatic rings. The first kappa shape index (κ1) is 25.1. The highest BCUT2D eigenvalue weighted by atomic mass is 32.2. The number of nitrogens with one attached hydrogen (secondary N) is 2. The highest BCUT2D eigenvalue weighted by Gasteiger charge is 2.49. The lowest BCUT2D eigenvalue weighted by molar-refractivity contribution is -0.130. The minimum atomic E-state index is -4.24. The predicted molar refractivity (Wildman–Crippen MR) is 131 cm³/mol. The fraction of sp³-hybridized carbons (Fsp3) is 0.619. The molecule has 10 nitrogen and oxygen atoms in total. The zero-order chi connectivity index (χ0) is 25.1. The summed E-state index contributed by atoms with van der Waals surface area (Å²) in [5, 5.41) is 16.0. The lowest BCUT2D eigenvalue weighted by Crippen LogP contribution is -2.50. The van der Waals surface area contributed by atoms with Crippen molar-refractivity contribution >= 4 is 48.1 Å². The summed E-state index contributed by atoms with van der Waals surface area (Å²) in [6, 6.07) is 0.0840. The van der Waals surface area contributed by atoms with E-state index in [-0.39, 0.29) is 45.2 Å². The van der Waals surface area contributed by atoms with E-state index in [9.17, 15) is 26.7 Å². The monoisotopic (exact) mass is 530 g/mol. The van der Waals surface area contributed by atoms with Gasteiger partial charge in [0.15, 0.2) is 5.84 Å². The van der Waals surface area contributed by atoms with Gasteiger partial charge in [0.25, 0.3) is 15.9 Å². The number of nitrogens with zero attached hydrogens (tertiary/aromatic N) is 2. The first-order valence-electron chi connectivity index (χ1n) is 11.1. The molecule has 13 heteroatoms. The van der Waals surface area contributed by atoms with Gasteiger partial charge in [-0.15, -0.1) is 15.7 Å². The van der Waals surface area contributed by atoms with Crippen LogP contribution in [0.4, 0.5) is 5.00 Å². The van der Waals surface area contributed by atoms with Crippen molar-refractivity contribution < 1.29 is 26.7 Å². The Bertz CT molecular complexity index is 1290. The Morgan fingerprint density at radius 1 is 1.38 bits per heavy atom. The Labute approximate surface area is 204 Å². The van der Waals surface area contributed by atoms with Crippen molar-refractivity contribution in [1.82, 2.24) is 9.62 Å². The van der Waals surface area contributed by atoms with E-state index < -0.39 is 31.4 Å². The van der Waals surface area contributed by atoms with Gasteiger partial charge in [0.1, 0.15) is 21.2 Å². The predicted octanol–water partition coefficient (Wildman–Crippen LogP) is 2.57. The molecule has 3 aliphatic rings. The maximum atomic E-state index is 13.4. The van der Waals surface area contributed by atoms with Crippen molar-refractivity contribution in [3.8, 4) is 0 Å². The van der Waals surface area contributed by atoms with Crippen LogP contribution >= 0.6 is 11.3 Å². The summed E-state index contributed by atoms with van der Waals surface area (Å²) < 4.78 is 55.3. The smallest absolute Gasteiger partial charge is 0.287 e. The van der Waals surface area contributed by atoms with Crippen molar-refractivity contribution in [2.75, 3.05) is 18.1 Å². The summed E-state index contributed by atoms with van der Waals surface area (Å²) in [6.45, 7) is 6.25. The maximum absolute atomic E-state index is 13.4. The number of carbonyl (C=O) groups is 1. The molecular weight excluding hydrogens is 500 g/mol. The van der Waals surface area contributed by atoms with Crippen LogP contribution in [0.15, 0.2) is 26.0 Å². The van der Waals surface area contributed by atoms with E-state index in [0.717, 1.165) is 36.9 Å². The molecule has 1 saturated carbocycles. The molecular formula is C21H30N4O6S3. The summed E-state index contributed by atoms with van der Waals surface area (Å²) in [6.07, 6.45) is 4.22. The van der Waals surface area contributed by atoms with Crippen LogP contribution in [-0.2, 0) is 31.4 Å². The Morgan fingerprint density at radius 3 is 2.65 bits per heavy atom. The Hall–Kier alpha value is -1.96. The second-order valence-corrected chi connectivity index (χ2v) is 14.2. The van der Waals surface area contributed by atoms with Gasteiger partial charge in [0.2, 0.25) is 10.0 Å². The minimum Gasteiger partial charge on any atom is -0.511 e. The second kappa shape index (κ2) is 8.61. The molecule has 2 aliphatic heterocycles. The van der Waals surface area contributed by atoms with Crippen LogP contribution in [-0.4, -0.2) is 57.4 Å². The zero-order valence-corrected chi connectivity index (χ0v) is 22.0. The topological polar surface area (TPSA) is 145 Å². The van der Waals surface area contributed by atoms with Crippen LogP contribution < -0.4 is 10.0 Å². The maximum Gasteiger partial charge on any atom is 0.287 e. The number of anilines is 1. The van der Waals surface area contributed by atoms with Crippen LogP contribution in [0.2, 0.25) is 0 Å². The van der Waals surface area contributed by atoms with Crippen LogP contribution in [0.5, 0.6) is 0 Å². The number of amidine groups is 1. The highest BCUT2D eigenvalue weighted by Crippen LogP contribution is 2.44. The Kier molecular flexibility index (Phi) is 6.37. The van der Waals surface area contributed by atoms with Crippen LogP contribution in [0.1, 0.15) is 52.0 Å². The van der Waals surface area contributed by atoms with E-state index in [2.05, 4.69) is 28.3 Å². The number of rotatable bonds is 8. The second-order valence-electron chi connectivity index (χ2n) is 9.93. The molecule has 0 radical (unpaired) electrons. The Balaban J connectivity index is 1.74. The molecule has 0 spiro atoms. The average molecular weight is 531 g/mol. The molecule has 4 rings (SSSR count). The van der Waals surface area contributed by atoms with E-state index in [1.54, 1.807) is 4.90 Å². The Morgan fingerprint density at radius 2 is 2.06 bits per heavy atom. The minimum absolute atomic E-state index is 0.0840. The molecule has 3 heterocycles. The van der Waals surface area contributed by atoms with Gasteiger partial charge in [-0.3, -0.25) is 4.79 Å². The first-order valence-corrected chi connectivity index (χ1v) is 15.3. The fourth-order valence-corrected chi connectivity index (χ4v) is 7.28. The molecule has 3 N–H and O–H groups in total. The van der Waals surface area contributed by atoms with Gasteiger partial charge in [-0.2, -0.15) is 8.42 Å². The SMILES string of the molecule is CC(C)CCC1(C)CN(C2CC2)C(=O)C(C2=NS(=O)(=O)c3c(CNS(C)(=O)=O)csc3N2)=C1O. The summed E-state index contributed by atoms with van der Waals surface area (Å²) in [5.41, 5.74) is -0.567.